The lowest BCUT2D eigenvalue weighted by molar-refractivity contribution is -0.122. The lowest BCUT2D eigenvalue weighted by atomic mass is 10.0. The second kappa shape index (κ2) is 10.8. The van der Waals surface area contributed by atoms with Crippen molar-refractivity contribution in [3.8, 4) is 11.5 Å². The summed E-state index contributed by atoms with van der Waals surface area (Å²) in [5.74, 6) is -0.0339. The second-order valence-electron chi connectivity index (χ2n) is 7.86. The molecule has 1 aliphatic heterocycles. The molecule has 0 radical (unpaired) electrons. The summed E-state index contributed by atoms with van der Waals surface area (Å²) >= 11 is 5.24. The molecule has 36 heavy (non-hydrogen) atoms. The average molecular weight is 502 g/mol. The molecule has 1 heterocycles. The van der Waals surface area contributed by atoms with Gasteiger partial charge in [0.2, 0.25) is 5.91 Å². The molecule has 0 spiro atoms. The van der Waals surface area contributed by atoms with Crippen LogP contribution in [-0.4, -0.2) is 29.9 Å². The van der Waals surface area contributed by atoms with Crippen LogP contribution in [0.1, 0.15) is 18.1 Å². The van der Waals surface area contributed by atoms with E-state index in [1.54, 1.807) is 73.8 Å². The Kier molecular flexibility index (Phi) is 7.41. The maximum Gasteiger partial charge on any atom is 0.270 e. The molecule has 4 rings (SSSR count). The number of rotatable bonds is 7. The van der Waals surface area contributed by atoms with Crippen LogP contribution in [0.25, 0.3) is 6.08 Å². The van der Waals surface area contributed by atoms with Crippen LogP contribution in [0.15, 0.2) is 78.4 Å². The zero-order chi connectivity index (χ0) is 25.7. The number of amides is 3. The van der Waals surface area contributed by atoms with Gasteiger partial charge in [-0.1, -0.05) is 24.3 Å². The Morgan fingerprint density at radius 3 is 2.44 bits per heavy atom. The highest BCUT2D eigenvalue weighted by molar-refractivity contribution is 7.80. The first-order chi connectivity index (χ1) is 17.4. The molecular formula is C27H23N3O5S. The lowest BCUT2D eigenvalue weighted by Gasteiger charge is -2.28. The summed E-state index contributed by atoms with van der Waals surface area (Å²) in [6.07, 6.45) is 1.51. The number of nitrogens with zero attached hydrogens (tertiary/aromatic N) is 1. The van der Waals surface area contributed by atoms with Gasteiger partial charge in [-0.25, -0.2) is 0 Å². The smallest absolute Gasteiger partial charge is 0.270 e. The molecule has 3 aromatic carbocycles. The molecule has 1 aliphatic rings. The first kappa shape index (κ1) is 24.6. The fraction of sp³-hybridized carbons (Fsp3) is 0.111. The van der Waals surface area contributed by atoms with E-state index in [1.165, 1.54) is 17.9 Å². The van der Waals surface area contributed by atoms with Gasteiger partial charge in [-0.2, -0.15) is 0 Å². The Morgan fingerprint density at radius 2 is 1.78 bits per heavy atom. The number of carbonyl (C=O) groups is 3. The number of nitrogens with one attached hydrogen (secondary N) is 2. The molecule has 2 N–H and O–H groups in total. The van der Waals surface area contributed by atoms with Crippen LogP contribution in [0, 0.1) is 0 Å². The Balaban J connectivity index is 1.56. The molecule has 8 nitrogen and oxygen atoms in total. The van der Waals surface area contributed by atoms with E-state index in [-0.39, 0.29) is 23.2 Å². The molecule has 0 atom stereocenters. The molecule has 0 aliphatic carbocycles. The van der Waals surface area contributed by atoms with E-state index in [4.69, 9.17) is 21.7 Å². The van der Waals surface area contributed by atoms with Gasteiger partial charge in [0.15, 0.2) is 5.11 Å². The second-order valence-corrected chi connectivity index (χ2v) is 8.25. The van der Waals surface area contributed by atoms with Crippen molar-refractivity contribution >= 4 is 52.5 Å². The molecule has 0 unspecified atom stereocenters. The number of ether oxygens (including phenoxy) is 2. The molecule has 0 bridgehead atoms. The van der Waals surface area contributed by atoms with Gasteiger partial charge in [0.05, 0.1) is 12.8 Å². The van der Waals surface area contributed by atoms with Crippen LogP contribution >= 0.6 is 12.2 Å². The fourth-order valence-electron chi connectivity index (χ4n) is 3.64. The average Bonchev–Trinajstić information content (AvgIpc) is 2.86. The number of benzene rings is 3. The third-order valence-corrected chi connectivity index (χ3v) is 5.59. The van der Waals surface area contributed by atoms with E-state index in [0.717, 1.165) is 5.56 Å². The van der Waals surface area contributed by atoms with Gasteiger partial charge in [-0.05, 0) is 72.4 Å². The fourth-order valence-corrected chi connectivity index (χ4v) is 3.92. The number of methoxy groups -OCH3 is 1. The normalized spacial score (nSPS) is 14.4. The van der Waals surface area contributed by atoms with Crippen molar-refractivity contribution in [2.45, 2.75) is 13.5 Å². The number of para-hydroxylation sites is 1. The van der Waals surface area contributed by atoms with Crippen LogP contribution in [0.4, 0.5) is 11.4 Å². The Hall–Kier alpha value is -4.50. The SMILES string of the molecule is COc1ccc(/C=C2/C(=O)NC(=S)N(c3ccccc3)C2=O)cc1COc1ccc(NC(C)=O)cc1. The minimum atomic E-state index is -0.565. The van der Waals surface area contributed by atoms with Crippen molar-refractivity contribution in [1.82, 2.24) is 5.32 Å². The topological polar surface area (TPSA) is 97.0 Å². The third-order valence-electron chi connectivity index (χ3n) is 5.30. The van der Waals surface area contributed by atoms with Crippen LogP contribution in [0.3, 0.4) is 0 Å². The van der Waals surface area contributed by atoms with E-state index in [2.05, 4.69) is 10.6 Å². The van der Waals surface area contributed by atoms with Crippen molar-refractivity contribution < 1.29 is 23.9 Å². The maximum atomic E-state index is 13.2. The summed E-state index contributed by atoms with van der Waals surface area (Å²) in [6, 6.07) is 21.1. The number of hydrogen-bond donors (Lipinski definition) is 2. The van der Waals surface area contributed by atoms with Crippen LogP contribution < -0.4 is 25.0 Å². The number of carbonyl (C=O) groups excluding carboxylic acids is 3. The molecule has 182 valence electrons. The first-order valence-electron chi connectivity index (χ1n) is 11.0. The molecule has 3 aromatic rings. The summed E-state index contributed by atoms with van der Waals surface area (Å²) in [5, 5.41) is 5.31. The van der Waals surface area contributed by atoms with Crippen LogP contribution in [-0.2, 0) is 21.0 Å². The van der Waals surface area contributed by atoms with E-state index in [0.29, 0.717) is 28.4 Å². The highest BCUT2D eigenvalue weighted by Crippen LogP contribution is 2.26. The molecule has 3 amide bonds. The van der Waals surface area contributed by atoms with Crippen LogP contribution in [0.2, 0.25) is 0 Å². The Labute approximate surface area is 213 Å². The standard InChI is InChI=1S/C27H23N3O5S/c1-17(31)28-20-9-11-22(12-10-20)35-16-19-14-18(8-13-24(19)34-2)15-23-25(32)29-27(36)30(26(23)33)21-6-4-3-5-7-21/h3-15H,16H2,1-2H3,(H,28,31)(H,29,32,36)/b23-15-. The minimum Gasteiger partial charge on any atom is -0.496 e. The van der Waals surface area contributed by atoms with E-state index in [9.17, 15) is 14.4 Å². The van der Waals surface area contributed by atoms with Crippen molar-refractivity contribution in [3.05, 3.63) is 89.5 Å². The van der Waals surface area contributed by atoms with Gasteiger partial charge in [-0.15, -0.1) is 0 Å². The van der Waals surface area contributed by atoms with Crippen molar-refractivity contribution in [1.29, 1.82) is 0 Å². The molecule has 1 fully saturated rings. The summed E-state index contributed by atoms with van der Waals surface area (Å²) in [7, 11) is 1.55. The number of thiocarbonyl (C=S) groups is 1. The quantitative estimate of drug-likeness (QED) is 0.288. The summed E-state index contributed by atoms with van der Waals surface area (Å²) < 4.78 is 11.3. The Morgan fingerprint density at radius 1 is 1.06 bits per heavy atom. The first-order valence-corrected chi connectivity index (χ1v) is 11.4. The van der Waals surface area contributed by atoms with Gasteiger partial charge in [0.25, 0.3) is 11.8 Å². The van der Waals surface area contributed by atoms with Crippen molar-refractivity contribution in [2.24, 2.45) is 0 Å². The molecule has 0 aromatic heterocycles. The zero-order valence-corrected chi connectivity index (χ0v) is 20.4. The van der Waals surface area contributed by atoms with Gasteiger partial charge in [-0.3, -0.25) is 24.6 Å². The predicted octanol–water partition coefficient (Wildman–Crippen LogP) is 4.06. The van der Waals surface area contributed by atoms with E-state index < -0.39 is 11.8 Å². The van der Waals surface area contributed by atoms with Gasteiger partial charge in [0.1, 0.15) is 23.7 Å². The zero-order valence-electron chi connectivity index (χ0n) is 19.6. The molecule has 1 saturated heterocycles. The lowest BCUT2D eigenvalue weighted by Crippen LogP contribution is -2.54. The largest absolute Gasteiger partial charge is 0.496 e. The Bertz CT molecular complexity index is 1350. The number of hydrogen-bond acceptors (Lipinski definition) is 6. The highest BCUT2D eigenvalue weighted by Gasteiger charge is 2.34. The maximum absolute atomic E-state index is 13.2. The summed E-state index contributed by atoms with van der Waals surface area (Å²) in [5.41, 5.74) is 2.52. The van der Waals surface area contributed by atoms with Gasteiger partial charge in [0, 0.05) is 18.2 Å². The minimum absolute atomic E-state index is 0.0293. The van der Waals surface area contributed by atoms with Crippen LogP contribution in [0.5, 0.6) is 11.5 Å². The summed E-state index contributed by atoms with van der Waals surface area (Å²) in [4.78, 5) is 38.3. The highest BCUT2D eigenvalue weighted by atomic mass is 32.1. The van der Waals surface area contributed by atoms with E-state index >= 15 is 0 Å². The van der Waals surface area contributed by atoms with Gasteiger partial charge < -0.3 is 14.8 Å². The number of anilines is 2. The van der Waals surface area contributed by atoms with E-state index in [1.807, 2.05) is 6.07 Å². The van der Waals surface area contributed by atoms with Crippen molar-refractivity contribution in [2.75, 3.05) is 17.3 Å². The molecule has 9 heteroatoms. The molecular weight excluding hydrogens is 478 g/mol. The molecule has 0 saturated carbocycles. The predicted molar refractivity (Wildman–Crippen MR) is 141 cm³/mol. The third kappa shape index (κ3) is 5.59. The van der Waals surface area contributed by atoms with Crippen molar-refractivity contribution in [3.63, 3.8) is 0 Å². The van der Waals surface area contributed by atoms with Gasteiger partial charge >= 0.3 is 0 Å². The monoisotopic (exact) mass is 501 g/mol. The summed E-state index contributed by atoms with van der Waals surface area (Å²) in [6.45, 7) is 1.62.